The molecule has 2 atom stereocenters. The van der Waals surface area contributed by atoms with Crippen molar-refractivity contribution < 1.29 is 9.00 Å². The molecule has 1 aromatic rings. The van der Waals surface area contributed by atoms with Gasteiger partial charge in [0.15, 0.2) is 4.34 Å². The summed E-state index contributed by atoms with van der Waals surface area (Å²) >= 11 is 1.28. The topological polar surface area (TPSA) is 73.1 Å². The highest BCUT2D eigenvalue weighted by Gasteiger charge is 2.20. The highest BCUT2D eigenvalue weighted by Crippen LogP contribution is 2.16. The van der Waals surface area contributed by atoms with Crippen LogP contribution in [0.4, 0.5) is 0 Å². The van der Waals surface area contributed by atoms with Crippen molar-refractivity contribution in [3.8, 4) is 0 Å². The average molecular weight is 218 g/mol. The molecule has 2 N–H and O–H groups in total. The van der Waals surface area contributed by atoms with Crippen molar-refractivity contribution in [3.63, 3.8) is 0 Å². The van der Waals surface area contributed by atoms with Crippen LogP contribution in [0.2, 0.25) is 0 Å². The van der Waals surface area contributed by atoms with Crippen molar-refractivity contribution in [3.05, 3.63) is 11.1 Å². The van der Waals surface area contributed by atoms with E-state index in [1.54, 1.807) is 5.38 Å². The van der Waals surface area contributed by atoms with Crippen LogP contribution in [-0.2, 0) is 15.6 Å². The molecule has 1 aromatic heterocycles. The predicted octanol–water partition coefficient (Wildman–Crippen LogP) is 0.433. The van der Waals surface area contributed by atoms with E-state index in [1.807, 2.05) is 6.92 Å². The van der Waals surface area contributed by atoms with E-state index in [0.717, 1.165) is 5.69 Å². The Morgan fingerprint density at radius 2 is 2.38 bits per heavy atom. The second kappa shape index (κ2) is 3.97. The van der Waals surface area contributed by atoms with Gasteiger partial charge in [0.2, 0.25) is 5.91 Å². The zero-order chi connectivity index (χ0) is 10.0. The highest BCUT2D eigenvalue weighted by atomic mass is 32.2. The van der Waals surface area contributed by atoms with Crippen molar-refractivity contribution >= 4 is 28.0 Å². The molecule has 0 aliphatic rings. The largest absolute Gasteiger partial charge is 0.369 e. The summed E-state index contributed by atoms with van der Waals surface area (Å²) in [6.45, 7) is 3.35. The lowest BCUT2D eigenvalue weighted by atomic mass is 10.5. The minimum absolute atomic E-state index is 0.462. The number of carbonyl (C=O) groups is 1. The van der Waals surface area contributed by atoms with Crippen LogP contribution >= 0.6 is 11.3 Å². The van der Waals surface area contributed by atoms with Crippen molar-refractivity contribution in [1.82, 2.24) is 4.98 Å². The SMILES string of the molecule is Cc1csc(S(=O)C(C)C(N)=O)n1. The van der Waals surface area contributed by atoms with Crippen molar-refractivity contribution in [2.24, 2.45) is 5.73 Å². The summed E-state index contributed by atoms with van der Waals surface area (Å²) in [5, 5.41) is 1.12. The number of carbonyl (C=O) groups excluding carboxylic acids is 1. The van der Waals surface area contributed by atoms with Crippen LogP contribution in [0.1, 0.15) is 12.6 Å². The van der Waals surface area contributed by atoms with Gasteiger partial charge in [0.05, 0.1) is 10.8 Å². The van der Waals surface area contributed by atoms with Gasteiger partial charge in [-0.05, 0) is 13.8 Å². The molecule has 1 heterocycles. The molecule has 1 rings (SSSR count). The summed E-state index contributed by atoms with van der Waals surface area (Å²) < 4.78 is 12.0. The fraction of sp³-hybridized carbons (Fsp3) is 0.429. The van der Waals surface area contributed by atoms with Gasteiger partial charge in [-0.3, -0.25) is 9.00 Å². The molecule has 0 aromatic carbocycles. The molecule has 0 radical (unpaired) electrons. The molecule has 4 nitrogen and oxygen atoms in total. The van der Waals surface area contributed by atoms with Crippen molar-refractivity contribution in [2.75, 3.05) is 0 Å². The summed E-state index contributed by atoms with van der Waals surface area (Å²) in [4.78, 5) is 14.8. The number of nitrogens with zero attached hydrogens (tertiary/aromatic N) is 1. The molecule has 0 aliphatic carbocycles. The quantitative estimate of drug-likeness (QED) is 0.799. The van der Waals surface area contributed by atoms with Crippen LogP contribution < -0.4 is 5.73 Å². The van der Waals surface area contributed by atoms with E-state index in [4.69, 9.17) is 5.73 Å². The molecule has 0 saturated carbocycles. The Labute approximate surface area is 82.6 Å². The Morgan fingerprint density at radius 1 is 1.77 bits per heavy atom. The molecule has 2 unspecified atom stereocenters. The van der Waals surface area contributed by atoms with E-state index < -0.39 is 22.0 Å². The fourth-order valence-electron chi connectivity index (χ4n) is 0.682. The number of hydrogen-bond donors (Lipinski definition) is 1. The highest BCUT2D eigenvalue weighted by molar-refractivity contribution is 7.88. The molecular weight excluding hydrogens is 208 g/mol. The molecule has 0 aliphatic heterocycles. The summed E-state index contributed by atoms with van der Waals surface area (Å²) in [6, 6.07) is 0. The first-order chi connectivity index (χ1) is 6.02. The van der Waals surface area contributed by atoms with Crippen LogP contribution in [0.3, 0.4) is 0 Å². The third kappa shape index (κ3) is 2.35. The van der Waals surface area contributed by atoms with Gasteiger partial charge in [0.25, 0.3) is 0 Å². The van der Waals surface area contributed by atoms with Gasteiger partial charge in [0, 0.05) is 11.1 Å². The number of amides is 1. The Morgan fingerprint density at radius 3 is 2.77 bits per heavy atom. The second-order valence-electron chi connectivity index (χ2n) is 2.60. The number of aryl methyl sites for hydroxylation is 1. The third-order valence-corrected chi connectivity index (χ3v) is 4.34. The summed E-state index contributed by atoms with van der Waals surface area (Å²) in [5.74, 6) is -0.564. The molecule has 1 amide bonds. The van der Waals surface area contributed by atoms with Gasteiger partial charge in [0.1, 0.15) is 5.25 Å². The van der Waals surface area contributed by atoms with Gasteiger partial charge in [-0.15, -0.1) is 11.3 Å². The number of aromatic nitrogens is 1. The van der Waals surface area contributed by atoms with Gasteiger partial charge in [-0.25, -0.2) is 4.98 Å². The van der Waals surface area contributed by atoms with E-state index >= 15 is 0 Å². The zero-order valence-corrected chi connectivity index (χ0v) is 8.95. The molecule has 72 valence electrons. The smallest absolute Gasteiger partial charge is 0.233 e. The third-order valence-electron chi connectivity index (χ3n) is 1.49. The molecule has 0 spiro atoms. The predicted molar refractivity (Wildman–Crippen MR) is 51.9 cm³/mol. The molecule has 13 heavy (non-hydrogen) atoms. The first-order valence-electron chi connectivity index (χ1n) is 3.64. The van der Waals surface area contributed by atoms with E-state index in [2.05, 4.69) is 4.98 Å². The van der Waals surface area contributed by atoms with Crippen molar-refractivity contribution in [2.45, 2.75) is 23.4 Å². The summed E-state index contributed by atoms with van der Waals surface area (Å²) in [5.41, 5.74) is 5.84. The molecule has 0 fully saturated rings. The first kappa shape index (κ1) is 10.3. The van der Waals surface area contributed by atoms with Crippen molar-refractivity contribution in [1.29, 1.82) is 0 Å². The number of hydrogen-bond acceptors (Lipinski definition) is 4. The van der Waals surface area contributed by atoms with Crippen LogP contribution in [0.25, 0.3) is 0 Å². The summed E-state index contributed by atoms with van der Waals surface area (Å²) in [6.07, 6.45) is 0. The first-order valence-corrected chi connectivity index (χ1v) is 5.73. The maximum atomic E-state index is 11.6. The average Bonchev–Trinajstić information content (AvgIpc) is 2.49. The van der Waals surface area contributed by atoms with Gasteiger partial charge < -0.3 is 5.73 Å². The minimum Gasteiger partial charge on any atom is -0.369 e. The Hall–Kier alpha value is -0.750. The summed E-state index contributed by atoms with van der Waals surface area (Å²) in [7, 11) is -1.40. The lowest BCUT2D eigenvalue weighted by Crippen LogP contribution is -2.29. The fourth-order valence-corrected chi connectivity index (χ4v) is 2.91. The molecule has 6 heteroatoms. The normalized spacial score (nSPS) is 15.2. The zero-order valence-electron chi connectivity index (χ0n) is 7.31. The maximum Gasteiger partial charge on any atom is 0.233 e. The van der Waals surface area contributed by atoms with Crippen LogP contribution in [0, 0.1) is 6.92 Å². The maximum absolute atomic E-state index is 11.6. The Kier molecular flexibility index (Phi) is 3.16. The van der Waals surface area contributed by atoms with E-state index in [9.17, 15) is 9.00 Å². The number of primary amides is 1. The standard InChI is InChI=1S/C7H10N2O2S2/c1-4-3-12-7(9-4)13(11)5(2)6(8)10/h3,5H,1-2H3,(H2,8,10). The molecular formula is C7H10N2O2S2. The Bertz CT molecular complexity index is 348. The number of rotatable bonds is 3. The van der Waals surface area contributed by atoms with E-state index in [-0.39, 0.29) is 0 Å². The van der Waals surface area contributed by atoms with Gasteiger partial charge in [-0.2, -0.15) is 0 Å². The van der Waals surface area contributed by atoms with Crippen LogP contribution in [0.5, 0.6) is 0 Å². The van der Waals surface area contributed by atoms with Crippen LogP contribution in [0.15, 0.2) is 9.72 Å². The Balaban J connectivity index is 2.85. The monoisotopic (exact) mass is 218 g/mol. The number of thiazole rings is 1. The van der Waals surface area contributed by atoms with Gasteiger partial charge >= 0.3 is 0 Å². The van der Waals surface area contributed by atoms with Gasteiger partial charge in [-0.1, -0.05) is 0 Å². The molecule has 0 bridgehead atoms. The second-order valence-corrected chi connectivity index (χ2v) is 5.40. The van der Waals surface area contributed by atoms with E-state index in [1.165, 1.54) is 18.3 Å². The lowest BCUT2D eigenvalue weighted by molar-refractivity contribution is -0.117. The molecule has 0 saturated heterocycles. The minimum atomic E-state index is -1.40. The van der Waals surface area contributed by atoms with Crippen LogP contribution in [-0.4, -0.2) is 20.3 Å². The lowest BCUT2D eigenvalue weighted by Gasteiger charge is -2.02. The van der Waals surface area contributed by atoms with E-state index in [0.29, 0.717) is 4.34 Å². The number of nitrogens with two attached hydrogens (primary N) is 1.